The van der Waals surface area contributed by atoms with Gasteiger partial charge in [0, 0.05) is 11.3 Å². The molecule has 88 valence electrons. The highest BCUT2D eigenvalue weighted by Gasteiger charge is 2.19. The maximum Gasteiger partial charge on any atom is 0.306 e. The zero-order valence-electron chi connectivity index (χ0n) is 8.78. The van der Waals surface area contributed by atoms with Crippen molar-refractivity contribution in [3.63, 3.8) is 0 Å². The van der Waals surface area contributed by atoms with Gasteiger partial charge in [-0.3, -0.25) is 4.79 Å². The van der Waals surface area contributed by atoms with Gasteiger partial charge in [0.2, 0.25) is 0 Å². The van der Waals surface area contributed by atoms with E-state index in [0.29, 0.717) is 26.1 Å². The van der Waals surface area contributed by atoms with E-state index in [1.54, 1.807) is 0 Å². The fourth-order valence-corrected chi connectivity index (χ4v) is 2.65. The van der Waals surface area contributed by atoms with Crippen molar-refractivity contribution in [3.05, 3.63) is 21.3 Å². The molecular formula is C11H13ClO3S. The lowest BCUT2D eigenvalue weighted by Gasteiger charge is -2.09. The Bertz CT molecular complexity index is 358. The molecule has 2 rings (SSSR count). The van der Waals surface area contributed by atoms with E-state index in [4.69, 9.17) is 21.1 Å². The standard InChI is InChI=1S/C11H13ClO3S/c12-10-3-1-9(16-10)2-4-11(13)15-8-5-6-14-7-8/h1,3,8H,2,4-7H2/t8-/m1/s1. The predicted molar refractivity (Wildman–Crippen MR) is 63.0 cm³/mol. The van der Waals surface area contributed by atoms with Crippen LogP contribution in [-0.4, -0.2) is 25.3 Å². The molecule has 2 heterocycles. The van der Waals surface area contributed by atoms with E-state index in [9.17, 15) is 4.79 Å². The van der Waals surface area contributed by atoms with Crippen molar-refractivity contribution >= 4 is 28.9 Å². The minimum Gasteiger partial charge on any atom is -0.460 e. The average Bonchev–Trinajstić information content (AvgIpc) is 2.87. The van der Waals surface area contributed by atoms with Crippen molar-refractivity contribution < 1.29 is 14.3 Å². The van der Waals surface area contributed by atoms with Gasteiger partial charge in [-0.05, 0) is 18.6 Å². The summed E-state index contributed by atoms with van der Waals surface area (Å²) in [6.07, 6.45) is 1.88. The van der Waals surface area contributed by atoms with Crippen LogP contribution in [0.3, 0.4) is 0 Å². The van der Waals surface area contributed by atoms with Gasteiger partial charge in [-0.25, -0.2) is 0 Å². The van der Waals surface area contributed by atoms with Gasteiger partial charge in [-0.2, -0.15) is 0 Å². The summed E-state index contributed by atoms with van der Waals surface area (Å²) < 4.78 is 11.1. The van der Waals surface area contributed by atoms with E-state index in [-0.39, 0.29) is 12.1 Å². The second kappa shape index (κ2) is 5.66. The Labute approximate surface area is 103 Å². The third kappa shape index (κ3) is 3.47. The van der Waals surface area contributed by atoms with Gasteiger partial charge in [0.15, 0.2) is 0 Å². The predicted octanol–water partition coefficient (Wildman–Crippen LogP) is 2.67. The molecule has 1 aromatic heterocycles. The minimum atomic E-state index is -0.153. The lowest BCUT2D eigenvalue weighted by Crippen LogP contribution is -2.18. The second-order valence-electron chi connectivity index (χ2n) is 3.68. The van der Waals surface area contributed by atoms with Gasteiger partial charge in [-0.15, -0.1) is 11.3 Å². The highest BCUT2D eigenvalue weighted by Crippen LogP contribution is 2.22. The monoisotopic (exact) mass is 260 g/mol. The molecule has 0 spiro atoms. The van der Waals surface area contributed by atoms with Crippen molar-refractivity contribution in [2.24, 2.45) is 0 Å². The summed E-state index contributed by atoms with van der Waals surface area (Å²) in [4.78, 5) is 12.6. The molecule has 0 radical (unpaired) electrons. The van der Waals surface area contributed by atoms with E-state index in [1.165, 1.54) is 11.3 Å². The first-order valence-corrected chi connectivity index (χ1v) is 6.45. The third-order valence-corrected chi connectivity index (χ3v) is 3.68. The Morgan fingerprint density at radius 1 is 1.62 bits per heavy atom. The van der Waals surface area contributed by atoms with Crippen molar-refractivity contribution in [1.82, 2.24) is 0 Å². The zero-order valence-corrected chi connectivity index (χ0v) is 10.4. The molecule has 1 aliphatic heterocycles. The van der Waals surface area contributed by atoms with Gasteiger partial charge < -0.3 is 9.47 Å². The van der Waals surface area contributed by atoms with Crippen LogP contribution in [0.5, 0.6) is 0 Å². The van der Waals surface area contributed by atoms with Gasteiger partial charge in [-0.1, -0.05) is 11.6 Å². The summed E-state index contributed by atoms with van der Waals surface area (Å²) in [5.74, 6) is -0.153. The van der Waals surface area contributed by atoms with Gasteiger partial charge >= 0.3 is 5.97 Å². The summed E-state index contributed by atoms with van der Waals surface area (Å²) in [5, 5.41) is 0. The summed E-state index contributed by atoms with van der Waals surface area (Å²) in [6.45, 7) is 1.23. The average molecular weight is 261 g/mol. The van der Waals surface area contributed by atoms with Gasteiger partial charge in [0.25, 0.3) is 0 Å². The molecule has 1 aromatic rings. The number of rotatable bonds is 4. The summed E-state index contributed by atoms with van der Waals surface area (Å²) >= 11 is 7.30. The Morgan fingerprint density at radius 2 is 2.50 bits per heavy atom. The van der Waals surface area contributed by atoms with E-state index in [1.807, 2.05) is 12.1 Å². The summed E-state index contributed by atoms with van der Waals surface area (Å²) in [7, 11) is 0. The first kappa shape index (κ1) is 11.9. The number of aryl methyl sites for hydroxylation is 1. The molecule has 1 fully saturated rings. The molecule has 5 heteroatoms. The van der Waals surface area contributed by atoms with Crippen LogP contribution in [-0.2, 0) is 20.7 Å². The van der Waals surface area contributed by atoms with Crippen molar-refractivity contribution in [3.8, 4) is 0 Å². The quantitative estimate of drug-likeness (QED) is 0.781. The fourth-order valence-electron chi connectivity index (χ4n) is 1.56. The number of thiophene rings is 1. The lowest BCUT2D eigenvalue weighted by atomic mass is 10.2. The largest absolute Gasteiger partial charge is 0.460 e. The fraction of sp³-hybridized carbons (Fsp3) is 0.545. The van der Waals surface area contributed by atoms with Crippen molar-refractivity contribution in [1.29, 1.82) is 0 Å². The van der Waals surface area contributed by atoms with Crippen molar-refractivity contribution in [2.75, 3.05) is 13.2 Å². The highest BCUT2D eigenvalue weighted by molar-refractivity contribution is 7.16. The molecule has 16 heavy (non-hydrogen) atoms. The molecule has 3 nitrogen and oxygen atoms in total. The molecule has 0 bridgehead atoms. The van der Waals surface area contributed by atoms with Gasteiger partial charge in [0.1, 0.15) is 6.10 Å². The molecular weight excluding hydrogens is 248 g/mol. The molecule has 1 atom stereocenters. The van der Waals surface area contributed by atoms with Crippen LogP contribution in [0.1, 0.15) is 17.7 Å². The van der Waals surface area contributed by atoms with E-state index in [0.717, 1.165) is 15.6 Å². The van der Waals surface area contributed by atoms with Crippen LogP contribution in [0.15, 0.2) is 12.1 Å². The molecule has 0 amide bonds. The number of esters is 1. The highest BCUT2D eigenvalue weighted by atomic mass is 35.5. The maximum atomic E-state index is 11.5. The SMILES string of the molecule is O=C(CCc1ccc(Cl)s1)O[C@@H]1CCOC1. The molecule has 0 aromatic carbocycles. The van der Waals surface area contributed by atoms with Crippen LogP contribution in [0.25, 0.3) is 0 Å². The van der Waals surface area contributed by atoms with Crippen LogP contribution in [0, 0.1) is 0 Å². The van der Waals surface area contributed by atoms with Crippen LogP contribution in [0.4, 0.5) is 0 Å². The molecule has 0 saturated carbocycles. The Morgan fingerprint density at radius 3 is 3.12 bits per heavy atom. The van der Waals surface area contributed by atoms with Crippen molar-refractivity contribution in [2.45, 2.75) is 25.4 Å². The smallest absolute Gasteiger partial charge is 0.306 e. The number of hydrogen-bond acceptors (Lipinski definition) is 4. The Balaban J connectivity index is 1.71. The molecule has 1 aliphatic rings. The second-order valence-corrected chi connectivity index (χ2v) is 5.48. The first-order valence-electron chi connectivity index (χ1n) is 5.25. The zero-order chi connectivity index (χ0) is 11.4. The number of halogens is 1. The number of hydrogen-bond donors (Lipinski definition) is 0. The van der Waals surface area contributed by atoms with E-state index in [2.05, 4.69) is 0 Å². The lowest BCUT2D eigenvalue weighted by molar-refractivity contribution is -0.148. The van der Waals surface area contributed by atoms with Gasteiger partial charge in [0.05, 0.1) is 24.0 Å². The summed E-state index contributed by atoms with van der Waals surface area (Å²) in [6, 6.07) is 3.79. The van der Waals surface area contributed by atoms with Crippen LogP contribution in [0.2, 0.25) is 4.34 Å². The molecule has 0 N–H and O–H groups in total. The topological polar surface area (TPSA) is 35.5 Å². The Kier molecular flexibility index (Phi) is 4.21. The van der Waals surface area contributed by atoms with Crippen LogP contribution < -0.4 is 0 Å². The summed E-state index contributed by atoms with van der Waals surface area (Å²) in [5.41, 5.74) is 0. The molecule has 0 aliphatic carbocycles. The normalized spacial score (nSPS) is 19.9. The molecule has 0 unspecified atom stereocenters. The number of ether oxygens (including phenoxy) is 2. The van der Waals surface area contributed by atoms with E-state index >= 15 is 0 Å². The minimum absolute atomic E-state index is 0.0422. The Hall–Kier alpha value is -0.580. The molecule has 1 saturated heterocycles. The third-order valence-electron chi connectivity index (χ3n) is 2.39. The first-order chi connectivity index (χ1) is 7.74. The number of carbonyl (C=O) groups is 1. The van der Waals surface area contributed by atoms with E-state index < -0.39 is 0 Å². The number of carbonyl (C=O) groups excluding carboxylic acids is 1. The maximum absolute atomic E-state index is 11.5. The van der Waals surface area contributed by atoms with Crippen LogP contribution >= 0.6 is 22.9 Å².